The molecule has 0 bridgehead atoms. The summed E-state index contributed by atoms with van der Waals surface area (Å²) in [6.07, 6.45) is 15.5. The highest BCUT2D eigenvalue weighted by atomic mass is 35.5. The molecule has 0 amide bonds. The van der Waals surface area contributed by atoms with Gasteiger partial charge in [0, 0.05) is 5.56 Å². The predicted molar refractivity (Wildman–Crippen MR) is 108 cm³/mol. The number of nitrogens with zero attached hydrogens (tertiary/aromatic N) is 1. The maximum Gasteiger partial charge on any atom is 0.104 e. The van der Waals surface area contributed by atoms with E-state index >= 15 is 0 Å². The summed E-state index contributed by atoms with van der Waals surface area (Å²) >= 11 is 0. The molecule has 0 spiro atoms. The SMILES string of the molecule is CCCCCCCCCCCC(CC)[N+](C)(C)Cc1ccccc1.[Cl-]. The number of rotatable bonds is 14. The molecule has 0 heterocycles. The summed E-state index contributed by atoms with van der Waals surface area (Å²) in [5, 5.41) is 0. The van der Waals surface area contributed by atoms with Crippen molar-refractivity contribution < 1.29 is 16.9 Å². The van der Waals surface area contributed by atoms with Crippen LogP contribution in [0.2, 0.25) is 0 Å². The van der Waals surface area contributed by atoms with Gasteiger partial charge in [-0.1, -0.05) is 95.5 Å². The molecule has 0 aromatic heterocycles. The standard InChI is InChI=1S/C23H42N.ClH/c1-5-7-8-9-10-11-12-13-17-20-23(6-2)24(3,4)21-22-18-15-14-16-19-22;/h14-16,18-19,23H,5-13,17,20-21H2,1-4H3;1H/q+1;/p-1. The third-order valence-electron chi connectivity index (χ3n) is 5.53. The Morgan fingerprint density at radius 3 is 1.80 bits per heavy atom. The highest BCUT2D eigenvalue weighted by molar-refractivity contribution is 5.13. The molecule has 0 aliphatic carbocycles. The molecular weight excluding hydrogens is 326 g/mol. The van der Waals surface area contributed by atoms with Crippen LogP contribution in [0.15, 0.2) is 30.3 Å². The van der Waals surface area contributed by atoms with Gasteiger partial charge in [-0.25, -0.2) is 0 Å². The highest BCUT2D eigenvalue weighted by Gasteiger charge is 2.26. The zero-order chi connectivity index (χ0) is 17.7. The minimum absolute atomic E-state index is 0. The van der Waals surface area contributed by atoms with Gasteiger partial charge in [0.1, 0.15) is 6.54 Å². The summed E-state index contributed by atoms with van der Waals surface area (Å²) < 4.78 is 1.12. The van der Waals surface area contributed by atoms with Crippen molar-refractivity contribution >= 4 is 0 Å². The molecule has 0 aliphatic heterocycles. The molecule has 2 heteroatoms. The Labute approximate surface area is 164 Å². The maximum absolute atomic E-state index is 2.41. The topological polar surface area (TPSA) is 0 Å². The average Bonchev–Trinajstić information content (AvgIpc) is 2.57. The lowest BCUT2D eigenvalue weighted by Gasteiger charge is -2.38. The van der Waals surface area contributed by atoms with Crippen LogP contribution in [0, 0.1) is 0 Å². The van der Waals surface area contributed by atoms with Crippen LogP contribution in [0.5, 0.6) is 0 Å². The van der Waals surface area contributed by atoms with E-state index in [1.807, 2.05) is 0 Å². The monoisotopic (exact) mass is 367 g/mol. The molecule has 25 heavy (non-hydrogen) atoms. The number of halogens is 1. The van der Waals surface area contributed by atoms with Gasteiger partial charge in [0.05, 0.1) is 20.1 Å². The second-order valence-corrected chi connectivity index (χ2v) is 8.10. The number of unbranched alkanes of at least 4 members (excludes halogenated alkanes) is 8. The minimum atomic E-state index is 0. The smallest absolute Gasteiger partial charge is 0.104 e. The molecule has 0 N–H and O–H groups in total. The zero-order valence-corrected chi connectivity index (χ0v) is 18.0. The summed E-state index contributed by atoms with van der Waals surface area (Å²) in [6.45, 7) is 5.81. The highest BCUT2D eigenvalue weighted by Crippen LogP contribution is 2.22. The molecular formula is C23H42ClN. The second kappa shape index (κ2) is 14.6. The van der Waals surface area contributed by atoms with Crippen LogP contribution >= 0.6 is 0 Å². The van der Waals surface area contributed by atoms with Gasteiger partial charge >= 0.3 is 0 Å². The van der Waals surface area contributed by atoms with E-state index in [9.17, 15) is 0 Å². The molecule has 1 nitrogen and oxygen atoms in total. The first kappa shape index (κ1) is 24.5. The summed E-state index contributed by atoms with van der Waals surface area (Å²) in [5.74, 6) is 0. The van der Waals surface area contributed by atoms with Gasteiger partial charge in [-0.3, -0.25) is 0 Å². The summed E-state index contributed by atoms with van der Waals surface area (Å²) in [4.78, 5) is 0. The van der Waals surface area contributed by atoms with Gasteiger partial charge in [0.2, 0.25) is 0 Å². The van der Waals surface area contributed by atoms with E-state index in [2.05, 4.69) is 58.3 Å². The van der Waals surface area contributed by atoms with Crippen LogP contribution < -0.4 is 12.4 Å². The van der Waals surface area contributed by atoms with Crippen LogP contribution in [0.25, 0.3) is 0 Å². The number of hydrogen-bond donors (Lipinski definition) is 0. The minimum Gasteiger partial charge on any atom is -1.00 e. The summed E-state index contributed by atoms with van der Waals surface area (Å²) in [7, 11) is 4.82. The van der Waals surface area contributed by atoms with Crippen molar-refractivity contribution in [3.8, 4) is 0 Å². The van der Waals surface area contributed by atoms with Crippen molar-refractivity contribution in [2.75, 3.05) is 14.1 Å². The summed E-state index contributed by atoms with van der Waals surface area (Å²) in [6, 6.07) is 11.8. The molecule has 1 aromatic carbocycles. The number of hydrogen-bond acceptors (Lipinski definition) is 0. The van der Waals surface area contributed by atoms with E-state index in [1.165, 1.54) is 76.2 Å². The van der Waals surface area contributed by atoms with Crippen LogP contribution in [-0.4, -0.2) is 24.6 Å². The van der Waals surface area contributed by atoms with Gasteiger partial charge in [-0.2, -0.15) is 0 Å². The number of quaternary nitrogens is 1. The lowest BCUT2D eigenvalue weighted by atomic mass is 10.0. The Balaban J connectivity index is 0.00000576. The van der Waals surface area contributed by atoms with Crippen LogP contribution in [-0.2, 0) is 6.54 Å². The molecule has 1 aromatic rings. The Bertz CT molecular complexity index is 402. The normalized spacial score (nSPS) is 12.6. The number of benzene rings is 1. The third-order valence-corrected chi connectivity index (χ3v) is 5.53. The Morgan fingerprint density at radius 2 is 1.28 bits per heavy atom. The molecule has 1 rings (SSSR count). The van der Waals surface area contributed by atoms with Gasteiger partial charge in [-0.15, -0.1) is 0 Å². The Kier molecular flexibility index (Phi) is 14.3. The van der Waals surface area contributed by atoms with Gasteiger partial charge in [0.15, 0.2) is 0 Å². The fourth-order valence-electron chi connectivity index (χ4n) is 3.92. The molecule has 0 radical (unpaired) electrons. The third kappa shape index (κ3) is 10.9. The van der Waals surface area contributed by atoms with E-state index < -0.39 is 0 Å². The fourth-order valence-corrected chi connectivity index (χ4v) is 3.92. The van der Waals surface area contributed by atoms with Crippen molar-refractivity contribution in [1.29, 1.82) is 0 Å². The van der Waals surface area contributed by atoms with E-state index in [0.29, 0.717) is 0 Å². The molecule has 0 aliphatic rings. The van der Waals surface area contributed by atoms with E-state index in [1.54, 1.807) is 0 Å². The van der Waals surface area contributed by atoms with Gasteiger partial charge in [-0.05, 0) is 19.3 Å². The van der Waals surface area contributed by atoms with Crippen molar-refractivity contribution in [2.45, 2.75) is 97.1 Å². The first-order valence-corrected chi connectivity index (χ1v) is 10.5. The lowest BCUT2D eigenvalue weighted by Crippen LogP contribution is -3.00. The van der Waals surface area contributed by atoms with E-state index in [0.717, 1.165) is 17.1 Å². The molecule has 146 valence electrons. The second-order valence-electron chi connectivity index (χ2n) is 8.10. The van der Waals surface area contributed by atoms with Crippen LogP contribution in [0.3, 0.4) is 0 Å². The van der Waals surface area contributed by atoms with Crippen molar-refractivity contribution in [3.63, 3.8) is 0 Å². The van der Waals surface area contributed by atoms with E-state index in [-0.39, 0.29) is 12.4 Å². The molecule has 1 atom stereocenters. The predicted octanol–water partition coefficient (Wildman–Crippen LogP) is 3.97. The Hall–Kier alpha value is -0.530. The lowest BCUT2D eigenvalue weighted by molar-refractivity contribution is -0.928. The van der Waals surface area contributed by atoms with Gasteiger partial charge < -0.3 is 16.9 Å². The van der Waals surface area contributed by atoms with Crippen molar-refractivity contribution in [2.24, 2.45) is 0 Å². The van der Waals surface area contributed by atoms with Crippen LogP contribution in [0.4, 0.5) is 0 Å². The summed E-state index contributed by atoms with van der Waals surface area (Å²) in [5.41, 5.74) is 1.47. The first-order valence-electron chi connectivity index (χ1n) is 10.5. The largest absolute Gasteiger partial charge is 1.00 e. The van der Waals surface area contributed by atoms with Gasteiger partial charge in [0.25, 0.3) is 0 Å². The average molecular weight is 368 g/mol. The van der Waals surface area contributed by atoms with Crippen molar-refractivity contribution in [1.82, 2.24) is 0 Å². The fraction of sp³-hybridized carbons (Fsp3) is 0.739. The molecule has 0 saturated carbocycles. The zero-order valence-electron chi connectivity index (χ0n) is 17.3. The Morgan fingerprint density at radius 1 is 0.760 bits per heavy atom. The first-order chi connectivity index (χ1) is 11.6. The quantitative estimate of drug-likeness (QED) is 0.345. The maximum atomic E-state index is 2.41. The van der Waals surface area contributed by atoms with E-state index in [4.69, 9.17) is 0 Å². The molecule has 0 saturated heterocycles. The molecule has 0 fully saturated rings. The van der Waals surface area contributed by atoms with Crippen molar-refractivity contribution in [3.05, 3.63) is 35.9 Å². The molecule has 1 unspecified atom stereocenters. The van der Waals surface area contributed by atoms with Crippen LogP contribution in [0.1, 0.15) is 90.0 Å².